The SMILES string of the molecule is CO[C@@H]1CN(C(=O)OC(C)(C)C)[C@H](C(=O)NCCC(C)(C)C)[C@H]1F.CO[C@H]1[C@@H](C(=O)O)N(C(=O)OC(C)(C)C)C[C@@H]1F. The number of likely N-dealkylation sites (tertiary alicyclic amines) is 2. The van der Waals surface area contributed by atoms with Gasteiger partial charge < -0.3 is 29.4 Å². The molecule has 3 amide bonds. The number of nitrogens with zero attached hydrogens (tertiary/aromatic N) is 2. The Balaban J connectivity index is 0.000000437. The van der Waals surface area contributed by atoms with E-state index in [1.165, 1.54) is 14.2 Å². The quantitative estimate of drug-likeness (QED) is 0.462. The molecule has 2 saturated heterocycles. The van der Waals surface area contributed by atoms with Crippen LogP contribution >= 0.6 is 0 Å². The molecule has 0 aromatic heterocycles. The molecule has 0 bridgehead atoms. The van der Waals surface area contributed by atoms with Crippen molar-refractivity contribution in [2.75, 3.05) is 33.9 Å². The van der Waals surface area contributed by atoms with Crippen molar-refractivity contribution in [3.05, 3.63) is 0 Å². The summed E-state index contributed by atoms with van der Waals surface area (Å²) in [6, 6.07) is -2.59. The average molecular weight is 610 g/mol. The summed E-state index contributed by atoms with van der Waals surface area (Å²) >= 11 is 0. The summed E-state index contributed by atoms with van der Waals surface area (Å²) in [7, 11) is 2.58. The number of ether oxygens (including phenoxy) is 4. The summed E-state index contributed by atoms with van der Waals surface area (Å²) in [5.74, 6) is -1.83. The van der Waals surface area contributed by atoms with Crippen molar-refractivity contribution in [1.82, 2.24) is 15.1 Å². The first-order valence-corrected chi connectivity index (χ1v) is 13.9. The van der Waals surface area contributed by atoms with Gasteiger partial charge >= 0.3 is 18.2 Å². The minimum atomic E-state index is -1.59. The van der Waals surface area contributed by atoms with Gasteiger partial charge in [0, 0.05) is 20.8 Å². The second-order valence-electron chi connectivity index (χ2n) is 13.5. The van der Waals surface area contributed by atoms with Gasteiger partial charge in [0.2, 0.25) is 5.91 Å². The molecule has 2 aliphatic rings. The monoisotopic (exact) mass is 609 g/mol. The first-order chi connectivity index (χ1) is 19.0. The van der Waals surface area contributed by atoms with Gasteiger partial charge in [-0.3, -0.25) is 14.6 Å². The second kappa shape index (κ2) is 14.6. The van der Waals surface area contributed by atoms with Gasteiger partial charge in [-0.1, -0.05) is 20.8 Å². The number of halogens is 2. The lowest BCUT2D eigenvalue weighted by Gasteiger charge is -2.28. The molecule has 2 rings (SSSR count). The Morgan fingerprint density at radius 3 is 1.67 bits per heavy atom. The summed E-state index contributed by atoms with van der Waals surface area (Å²) < 4.78 is 48.4. The zero-order valence-corrected chi connectivity index (χ0v) is 26.7. The van der Waals surface area contributed by atoms with Gasteiger partial charge in [-0.2, -0.15) is 0 Å². The van der Waals surface area contributed by atoms with Crippen LogP contribution in [0.1, 0.15) is 68.7 Å². The molecule has 2 fully saturated rings. The number of hydrogen-bond donors (Lipinski definition) is 2. The Hall–Kier alpha value is -2.74. The number of carboxylic acids is 1. The zero-order chi connectivity index (χ0) is 32.8. The molecule has 0 aromatic rings. The largest absolute Gasteiger partial charge is 0.480 e. The van der Waals surface area contributed by atoms with Crippen molar-refractivity contribution in [1.29, 1.82) is 0 Å². The van der Waals surface area contributed by atoms with Crippen LogP contribution in [0, 0.1) is 5.41 Å². The lowest BCUT2D eigenvalue weighted by molar-refractivity contribution is -0.146. The zero-order valence-electron chi connectivity index (χ0n) is 26.7. The third-order valence-electron chi connectivity index (χ3n) is 6.27. The summed E-state index contributed by atoms with van der Waals surface area (Å²) in [6.07, 6.45) is -5.94. The molecule has 0 aliphatic carbocycles. The van der Waals surface area contributed by atoms with E-state index in [-0.39, 0.29) is 18.5 Å². The molecule has 244 valence electrons. The van der Waals surface area contributed by atoms with E-state index in [0.29, 0.717) is 6.54 Å². The van der Waals surface area contributed by atoms with Crippen LogP contribution in [-0.2, 0) is 28.5 Å². The first kappa shape index (κ1) is 37.3. The minimum Gasteiger partial charge on any atom is -0.480 e. The summed E-state index contributed by atoms with van der Waals surface area (Å²) in [4.78, 5) is 49.6. The Bertz CT molecular complexity index is 946. The van der Waals surface area contributed by atoms with Crippen LogP contribution in [0.5, 0.6) is 0 Å². The second-order valence-corrected chi connectivity index (χ2v) is 13.5. The van der Waals surface area contributed by atoms with Crippen molar-refractivity contribution in [3.8, 4) is 0 Å². The average Bonchev–Trinajstić information content (AvgIpc) is 3.32. The number of hydrogen-bond acceptors (Lipinski definition) is 8. The number of rotatable bonds is 6. The van der Waals surface area contributed by atoms with E-state index >= 15 is 0 Å². The fourth-order valence-corrected chi connectivity index (χ4v) is 4.29. The highest BCUT2D eigenvalue weighted by atomic mass is 19.1. The molecule has 2 aliphatic heterocycles. The van der Waals surface area contributed by atoms with Gasteiger partial charge in [0.1, 0.15) is 35.6 Å². The van der Waals surface area contributed by atoms with Crippen molar-refractivity contribution in [2.24, 2.45) is 5.41 Å². The molecule has 14 heteroatoms. The van der Waals surface area contributed by atoms with Crippen LogP contribution in [0.4, 0.5) is 18.4 Å². The fourth-order valence-electron chi connectivity index (χ4n) is 4.29. The Kier molecular flexibility index (Phi) is 13.0. The normalized spacial score (nSPS) is 26.3. The molecule has 12 nitrogen and oxygen atoms in total. The molecule has 0 radical (unpaired) electrons. The van der Waals surface area contributed by atoms with E-state index in [0.717, 1.165) is 16.2 Å². The van der Waals surface area contributed by atoms with Crippen molar-refractivity contribution < 1.29 is 52.0 Å². The maximum atomic E-state index is 14.6. The topological polar surface area (TPSA) is 144 Å². The molecule has 42 heavy (non-hydrogen) atoms. The molecule has 2 N–H and O–H groups in total. The summed E-state index contributed by atoms with van der Waals surface area (Å²) in [5, 5.41) is 11.8. The Morgan fingerprint density at radius 2 is 1.29 bits per heavy atom. The van der Waals surface area contributed by atoms with E-state index in [2.05, 4.69) is 26.1 Å². The number of nitrogens with one attached hydrogen (secondary N) is 1. The van der Waals surface area contributed by atoms with Gasteiger partial charge in [-0.05, 0) is 53.4 Å². The molecular weight excluding hydrogens is 560 g/mol. The molecule has 0 saturated carbocycles. The lowest BCUT2D eigenvalue weighted by Crippen LogP contribution is -2.51. The van der Waals surface area contributed by atoms with E-state index in [1.54, 1.807) is 41.5 Å². The van der Waals surface area contributed by atoms with Crippen molar-refractivity contribution >= 4 is 24.1 Å². The first-order valence-electron chi connectivity index (χ1n) is 13.9. The summed E-state index contributed by atoms with van der Waals surface area (Å²) in [5.41, 5.74) is -1.43. The van der Waals surface area contributed by atoms with Crippen LogP contribution in [0.3, 0.4) is 0 Å². The Labute approximate surface area is 247 Å². The lowest BCUT2D eigenvalue weighted by atomic mass is 9.92. The minimum absolute atomic E-state index is 0.00998. The highest BCUT2D eigenvalue weighted by molar-refractivity contribution is 5.87. The maximum Gasteiger partial charge on any atom is 0.411 e. The predicted molar refractivity (Wildman–Crippen MR) is 150 cm³/mol. The summed E-state index contributed by atoms with van der Waals surface area (Å²) in [6.45, 7) is 16.4. The number of carbonyl (C=O) groups is 4. The highest BCUT2D eigenvalue weighted by Gasteiger charge is 2.51. The van der Waals surface area contributed by atoms with Gasteiger partial charge in [-0.15, -0.1) is 0 Å². The van der Waals surface area contributed by atoms with Gasteiger partial charge in [0.15, 0.2) is 12.2 Å². The predicted octanol–water partition coefficient (Wildman–Crippen LogP) is 3.55. The molecule has 6 atom stereocenters. The maximum absolute atomic E-state index is 14.6. The molecule has 2 heterocycles. The number of carbonyl (C=O) groups excluding carboxylic acids is 3. The van der Waals surface area contributed by atoms with Crippen LogP contribution in [0.15, 0.2) is 0 Å². The van der Waals surface area contributed by atoms with Gasteiger partial charge in [0.05, 0.1) is 13.1 Å². The van der Waals surface area contributed by atoms with E-state index in [9.17, 15) is 28.0 Å². The van der Waals surface area contributed by atoms with Crippen LogP contribution in [0.25, 0.3) is 0 Å². The third kappa shape index (κ3) is 11.2. The van der Waals surface area contributed by atoms with Crippen LogP contribution in [0.2, 0.25) is 0 Å². The number of alkyl halides is 2. The highest BCUT2D eigenvalue weighted by Crippen LogP contribution is 2.27. The standard InChI is InChI=1S/C17H31FN2O4.C11H18FNO5/c1-16(2,3)8-9-19-14(21)13-12(18)11(23-7)10-20(13)15(22)24-17(4,5)6;1-11(2,3)18-10(16)13-5-6(12)8(17-4)7(13)9(14)15/h11-13H,8-10H2,1-7H3,(H,19,21);6-8H,5H2,1-4H3,(H,14,15)/t11-,12+,13+;6-,7-,8+/m10/s1. The van der Waals surface area contributed by atoms with Crippen molar-refractivity contribution in [2.45, 2.75) is 117 Å². The number of methoxy groups -OCH3 is 2. The van der Waals surface area contributed by atoms with E-state index in [4.69, 9.17) is 24.1 Å². The molecular formula is C28H49F2N3O9. The number of amides is 3. The van der Waals surface area contributed by atoms with E-state index in [1.807, 2.05) is 0 Å². The number of carboxylic acid groups (broad SMARTS) is 1. The van der Waals surface area contributed by atoms with Crippen LogP contribution < -0.4 is 5.32 Å². The van der Waals surface area contributed by atoms with Gasteiger partial charge in [-0.25, -0.2) is 23.2 Å². The van der Waals surface area contributed by atoms with Crippen LogP contribution in [-0.4, -0.2) is 121 Å². The third-order valence-corrected chi connectivity index (χ3v) is 6.27. The van der Waals surface area contributed by atoms with Gasteiger partial charge in [0.25, 0.3) is 0 Å². The van der Waals surface area contributed by atoms with Crippen molar-refractivity contribution in [3.63, 3.8) is 0 Å². The van der Waals surface area contributed by atoms with E-state index < -0.39 is 71.9 Å². The molecule has 0 spiro atoms. The Morgan fingerprint density at radius 1 is 0.810 bits per heavy atom. The molecule has 0 aromatic carbocycles. The smallest absolute Gasteiger partial charge is 0.411 e. The fraction of sp³-hybridized carbons (Fsp3) is 0.857. The molecule has 0 unspecified atom stereocenters. The number of aliphatic carboxylic acids is 1.